The van der Waals surface area contributed by atoms with Gasteiger partial charge in [0.1, 0.15) is 18.3 Å². The van der Waals surface area contributed by atoms with Crippen molar-refractivity contribution in [3.05, 3.63) is 0 Å². The van der Waals surface area contributed by atoms with E-state index < -0.39 is 31.0 Å². The molecule has 7 N–H and O–H groups in total. The van der Waals surface area contributed by atoms with Gasteiger partial charge in [-0.3, -0.25) is 0 Å². The third kappa shape index (κ3) is 3.66. The molecule has 4 unspecified atom stereocenters. The summed E-state index contributed by atoms with van der Waals surface area (Å²) in [4.78, 5) is 0. The van der Waals surface area contributed by atoms with Crippen LogP contribution >= 0.6 is 0 Å². The minimum atomic E-state index is -1.59. The number of hydrogen-bond acceptors (Lipinski definition) is 7. The van der Waals surface area contributed by atoms with Gasteiger partial charge in [-0.1, -0.05) is 0 Å². The van der Waals surface area contributed by atoms with E-state index in [2.05, 4.69) is 5.16 Å². The molecule has 0 heterocycles. The maximum Gasteiger partial charge on any atom is 0.110 e. The van der Waals surface area contributed by atoms with E-state index in [0.29, 0.717) is 0 Å². The Hall–Kier alpha value is -0.730. The fourth-order valence-corrected chi connectivity index (χ4v) is 0.728. The van der Waals surface area contributed by atoms with E-state index in [1.165, 1.54) is 0 Å². The lowest BCUT2D eigenvalue weighted by Crippen LogP contribution is -2.49. The average Bonchev–Trinajstić information content (AvgIpc) is 2.14. The van der Waals surface area contributed by atoms with Crippen LogP contribution in [0.15, 0.2) is 5.16 Å². The molecule has 0 bridgehead atoms. The summed E-state index contributed by atoms with van der Waals surface area (Å²) in [6.07, 6.45) is -3.76. The SMILES string of the molecule is NC(C=NO)C(O)C(O)C(O)CO. The maximum absolute atomic E-state index is 9.17. The van der Waals surface area contributed by atoms with Crippen LogP contribution in [0.2, 0.25) is 0 Å². The highest BCUT2D eigenvalue weighted by molar-refractivity contribution is 5.64. The van der Waals surface area contributed by atoms with E-state index in [9.17, 15) is 5.11 Å². The fourth-order valence-electron chi connectivity index (χ4n) is 0.728. The molecular formula is C6H14N2O5. The summed E-state index contributed by atoms with van der Waals surface area (Å²) in [7, 11) is 0. The van der Waals surface area contributed by atoms with E-state index in [1.807, 2.05) is 0 Å². The van der Waals surface area contributed by atoms with Crippen LogP contribution in [-0.2, 0) is 0 Å². The van der Waals surface area contributed by atoms with Crippen molar-refractivity contribution in [2.75, 3.05) is 6.61 Å². The smallest absolute Gasteiger partial charge is 0.110 e. The molecule has 0 aromatic carbocycles. The summed E-state index contributed by atoms with van der Waals surface area (Å²) >= 11 is 0. The molecule has 0 rings (SSSR count). The summed E-state index contributed by atoms with van der Waals surface area (Å²) in [6.45, 7) is -0.693. The highest BCUT2D eigenvalue weighted by Gasteiger charge is 2.28. The number of hydrogen-bond donors (Lipinski definition) is 6. The fraction of sp³-hybridized carbons (Fsp3) is 0.833. The molecule has 4 atom stereocenters. The second kappa shape index (κ2) is 5.84. The van der Waals surface area contributed by atoms with Crippen molar-refractivity contribution in [2.24, 2.45) is 10.9 Å². The molecule has 0 saturated heterocycles. The number of nitrogens with two attached hydrogens (primary N) is 1. The van der Waals surface area contributed by atoms with E-state index >= 15 is 0 Å². The molecule has 0 amide bonds. The number of aliphatic hydroxyl groups excluding tert-OH is 4. The maximum atomic E-state index is 9.17. The Morgan fingerprint density at radius 2 is 1.77 bits per heavy atom. The number of nitrogens with zero attached hydrogens (tertiary/aromatic N) is 1. The first-order valence-corrected chi connectivity index (χ1v) is 3.62. The Bertz CT molecular complexity index is 165. The van der Waals surface area contributed by atoms with E-state index in [-0.39, 0.29) is 0 Å². The third-order valence-corrected chi connectivity index (χ3v) is 1.56. The summed E-state index contributed by atoms with van der Waals surface area (Å²) in [6, 6.07) is -1.11. The molecule has 78 valence electrons. The largest absolute Gasteiger partial charge is 0.411 e. The van der Waals surface area contributed by atoms with Crippen molar-refractivity contribution in [3.63, 3.8) is 0 Å². The zero-order valence-corrected chi connectivity index (χ0v) is 6.85. The van der Waals surface area contributed by atoms with E-state index in [4.69, 9.17) is 26.3 Å². The second-order valence-electron chi connectivity index (χ2n) is 2.57. The standard InChI is InChI=1S/C6H14N2O5/c7-3(1-8-13)5(11)6(12)4(10)2-9/h1,3-6,9-13H,2,7H2. The van der Waals surface area contributed by atoms with Crippen molar-refractivity contribution in [1.29, 1.82) is 0 Å². The number of rotatable bonds is 5. The topological polar surface area (TPSA) is 140 Å². The van der Waals surface area contributed by atoms with Crippen LogP contribution in [-0.4, -0.2) is 62.8 Å². The van der Waals surface area contributed by atoms with Crippen LogP contribution < -0.4 is 5.73 Å². The first kappa shape index (κ1) is 12.3. The predicted molar refractivity (Wildman–Crippen MR) is 43.4 cm³/mol. The Morgan fingerprint density at radius 3 is 2.15 bits per heavy atom. The van der Waals surface area contributed by atoms with Gasteiger partial charge < -0.3 is 31.4 Å². The first-order chi connectivity index (χ1) is 6.04. The summed E-state index contributed by atoms with van der Waals surface area (Å²) < 4.78 is 0. The molecule has 0 aliphatic carbocycles. The molecule has 0 aliphatic rings. The van der Waals surface area contributed by atoms with Gasteiger partial charge in [-0.05, 0) is 0 Å². The molecule has 0 aromatic rings. The number of aliphatic hydroxyl groups is 4. The van der Waals surface area contributed by atoms with Gasteiger partial charge in [0, 0.05) is 0 Å². The van der Waals surface area contributed by atoms with Crippen LogP contribution in [0.5, 0.6) is 0 Å². The Balaban J connectivity index is 4.15. The normalized spacial score (nSPS) is 21.3. The van der Waals surface area contributed by atoms with Gasteiger partial charge >= 0.3 is 0 Å². The van der Waals surface area contributed by atoms with Crippen LogP contribution in [0.25, 0.3) is 0 Å². The predicted octanol–water partition coefficient (Wildman–Crippen LogP) is -3.15. The van der Waals surface area contributed by atoms with Gasteiger partial charge in [0.15, 0.2) is 0 Å². The van der Waals surface area contributed by atoms with Crippen LogP contribution in [0, 0.1) is 0 Å². The van der Waals surface area contributed by atoms with Crippen molar-refractivity contribution in [1.82, 2.24) is 0 Å². The molecule has 0 fully saturated rings. The average molecular weight is 194 g/mol. The Kier molecular flexibility index (Phi) is 5.51. The molecule has 7 heteroatoms. The molecule has 13 heavy (non-hydrogen) atoms. The molecule has 0 saturated carbocycles. The van der Waals surface area contributed by atoms with Crippen molar-refractivity contribution < 1.29 is 25.6 Å². The van der Waals surface area contributed by atoms with Gasteiger partial charge in [0.2, 0.25) is 0 Å². The third-order valence-electron chi connectivity index (χ3n) is 1.56. The molecular weight excluding hydrogens is 180 g/mol. The van der Waals surface area contributed by atoms with Gasteiger partial charge in [-0.15, -0.1) is 5.16 Å². The lowest BCUT2D eigenvalue weighted by Gasteiger charge is -2.23. The van der Waals surface area contributed by atoms with Crippen LogP contribution in [0.4, 0.5) is 0 Å². The minimum absolute atomic E-state index is 0.693. The van der Waals surface area contributed by atoms with Crippen molar-refractivity contribution in [2.45, 2.75) is 24.4 Å². The molecule has 0 spiro atoms. The van der Waals surface area contributed by atoms with E-state index in [0.717, 1.165) is 6.21 Å². The molecule has 0 aromatic heterocycles. The summed E-state index contributed by atoms with van der Waals surface area (Å²) in [5, 5.41) is 46.2. The quantitative estimate of drug-likeness (QED) is 0.155. The highest BCUT2D eigenvalue weighted by atomic mass is 16.4. The van der Waals surface area contributed by atoms with Crippen LogP contribution in [0.3, 0.4) is 0 Å². The molecule has 0 radical (unpaired) electrons. The number of oxime groups is 1. The van der Waals surface area contributed by atoms with Gasteiger partial charge in [-0.2, -0.15) is 0 Å². The first-order valence-electron chi connectivity index (χ1n) is 3.62. The van der Waals surface area contributed by atoms with Crippen LogP contribution in [0.1, 0.15) is 0 Å². The summed E-state index contributed by atoms with van der Waals surface area (Å²) in [5.41, 5.74) is 5.21. The van der Waals surface area contributed by atoms with Gasteiger partial charge in [-0.25, -0.2) is 0 Å². The Morgan fingerprint density at radius 1 is 1.23 bits per heavy atom. The zero-order chi connectivity index (χ0) is 10.4. The van der Waals surface area contributed by atoms with Gasteiger partial charge in [0.25, 0.3) is 0 Å². The second-order valence-corrected chi connectivity index (χ2v) is 2.57. The van der Waals surface area contributed by atoms with E-state index in [1.54, 1.807) is 0 Å². The molecule has 7 nitrogen and oxygen atoms in total. The lowest BCUT2D eigenvalue weighted by molar-refractivity contribution is -0.0772. The minimum Gasteiger partial charge on any atom is -0.411 e. The zero-order valence-electron chi connectivity index (χ0n) is 6.85. The van der Waals surface area contributed by atoms with Gasteiger partial charge in [0.05, 0.1) is 18.9 Å². The summed E-state index contributed by atoms with van der Waals surface area (Å²) in [5.74, 6) is 0. The molecule has 0 aliphatic heterocycles. The van der Waals surface area contributed by atoms with Crippen molar-refractivity contribution in [3.8, 4) is 0 Å². The highest BCUT2D eigenvalue weighted by Crippen LogP contribution is 2.01. The van der Waals surface area contributed by atoms with Crippen molar-refractivity contribution >= 4 is 6.21 Å². The monoisotopic (exact) mass is 194 g/mol. The Labute approximate surface area is 74.7 Å². The lowest BCUT2D eigenvalue weighted by atomic mass is 10.0.